The van der Waals surface area contributed by atoms with Crippen LogP contribution in [-0.2, 0) is 22.6 Å². The van der Waals surface area contributed by atoms with E-state index in [0.717, 1.165) is 26.8 Å². The number of amides is 4. The Morgan fingerprint density at radius 1 is 0.927 bits per heavy atom. The molecule has 4 aromatic carbocycles. The largest absolute Gasteiger partial charge is 0.508 e. The Bertz CT molecular complexity index is 1690. The van der Waals surface area contributed by atoms with Gasteiger partial charge in [0.2, 0.25) is 0 Å². The van der Waals surface area contributed by atoms with Crippen molar-refractivity contribution >= 4 is 40.4 Å². The van der Waals surface area contributed by atoms with E-state index in [1.807, 2.05) is 31.2 Å². The number of benzene rings is 4. The maximum atomic E-state index is 13.3. The number of hydrogen-bond acceptors (Lipinski definition) is 6. The van der Waals surface area contributed by atoms with Gasteiger partial charge >= 0.3 is 6.03 Å². The van der Waals surface area contributed by atoms with Gasteiger partial charge in [0, 0.05) is 5.56 Å². The first-order chi connectivity index (χ1) is 19.9. The first kappa shape index (κ1) is 27.2. The summed E-state index contributed by atoms with van der Waals surface area (Å²) < 4.78 is 12.3. The van der Waals surface area contributed by atoms with Crippen LogP contribution < -0.4 is 19.7 Å². The van der Waals surface area contributed by atoms with Crippen molar-refractivity contribution in [2.45, 2.75) is 20.0 Å². The highest BCUT2D eigenvalue weighted by Crippen LogP contribution is 2.36. The fourth-order valence-electron chi connectivity index (χ4n) is 4.73. The van der Waals surface area contributed by atoms with Crippen molar-refractivity contribution in [3.05, 3.63) is 114 Å². The predicted molar refractivity (Wildman–Crippen MR) is 157 cm³/mol. The van der Waals surface area contributed by atoms with Crippen LogP contribution in [-0.4, -0.2) is 29.6 Å². The van der Waals surface area contributed by atoms with E-state index in [-0.39, 0.29) is 17.0 Å². The summed E-state index contributed by atoms with van der Waals surface area (Å²) in [6.45, 7) is 6.38. The van der Waals surface area contributed by atoms with Crippen molar-refractivity contribution in [2.75, 3.05) is 11.5 Å². The van der Waals surface area contributed by atoms with Gasteiger partial charge in [0.05, 0.1) is 12.3 Å². The third-order valence-corrected chi connectivity index (χ3v) is 6.59. The minimum absolute atomic E-state index is 0.0218. The molecule has 4 amide bonds. The zero-order valence-corrected chi connectivity index (χ0v) is 22.4. The Kier molecular flexibility index (Phi) is 7.83. The lowest BCUT2D eigenvalue weighted by Gasteiger charge is -2.26. The Balaban J connectivity index is 1.51. The van der Waals surface area contributed by atoms with E-state index < -0.39 is 17.8 Å². The molecule has 0 bridgehead atoms. The summed E-state index contributed by atoms with van der Waals surface area (Å²) in [6, 6.07) is 22.3. The molecule has 5 rings (SSSR count). The van der Waals surface area contributed by atoms with Crippen molar-refractivity contribution in [2.24, 2.45) is 0 Å². The third kappa shape index (κ3) is 5.67. The number of phenolic OH excluding ortho intramolecular Hbond substituents is 1. The Morgan fingerprint density at radius 3 is 2.44 bits per heavy atom. The molecule has 0 aromatic heterocycles. The average molecular weight is 549 g/mol. The number of urea groups is 1. The number of hydrogen-bond donors (Lipinski definition) is 2. The molecule has 1 aliphatic rings. The lowest BCUT2D eigenvalue weighted by Crippen LogP contribution is -2.54. The zero-order chi connectivity index (χ0) is 28.9. The fraction of sp³-hybridized carbons (Fsp3) is 0.121. The molecule has 206 valence electrons. The zero-order valence-electron chi connectivity index (χ0n) is 22.4. The second-order valence-electron chi connectivity index (χ2n) is 9.33. The molecule has 0 unspecified atom stereocenters. The molecule has 41 heavy (non-hydrogen) atoms. The van der Waals surface area contributed by atoms with Gasteiger partial charge in [0.15, 0.2) is 11.5 Å². The van der Waals surface area contributed by atoms with Crippen molar-refractivity contribution in [3.63, 3.8) is 0 Å². The first-order valence-electron chi connectivity index (χ1n) is 13.1. The second-order valence-corrected chi connectivity index (χ2v) is 9.33. The molecular weight excluding hydrogens is 520 g/mol. The highest BCUT2D eigenvalue weighted by Gasteiger charge is 2.37. The van der Waals surface area contributed by atoms with E-state index in [9.17, 15) is 19.5 Å². The molecule has 0 radical (unpaired) electrons. The average Bonchev–Trinajstić information content (AvgIpc) is 2.96. The van der Waals surface area contributed by atoms with Crippen LogP contribution in [0, 0.1) is 0 Å². The quantitative estimate of drug-likeness (QED) is 0.153. The van der Waals surface area contributed by atoms with Gasteiger partial charge in [0.25, 0.3) is 11.8 Å². The van der Waals surface area contributed by atoms with Crippen LogP contribution in [0.1, 0.15) is 23.6 Å². The summed E-state index contributed by atoms with van der Waals surface area (Å²) in [5, 5.41) is 14.0. The smallest absolute Gasteiger partial charge is 0.335 e. The number of barbiturate groups is 1. The van der Waals surface area contributed by atoms with Gasteiger partial charge in [0.1, 0.15) is 17.9 Å². The molecule has 0 saturated carbocycles. The van der Waals surface area contributed by atoms with Gasteiger partial charge in [-0.1, -0.05) is 48.5 Å². The highest BCUT2D eigenvalue weighted by molar-refractivity contribution is 6.39. The number of aromatic hydroxyl groups is 1. The molecule has 2 N–H and O–H groups in total. The molecule has 8 heteroatoms. The topological polar surface area (TPSA) is 105 Å². The number of carbonyl (C=O) groups excluding carboxylic acids is 3. The van der Waals surface area contributed by atoms with Crippen LogP contribution in [0.3, 0.4) is 0 Å². The van der Waals surface area contributed by atoms with Crippen molar-refractivity contribution in [1.82, 2.24) is 5.32 Å². The molecule has 1 aliphatic heterocycles. The second kappa shape index (κ2) is 11.8. The number of fused-ring (bicyclic) bond motifs is 1. The Hall–Kier alpha value is -5.37. The number of rotatable bonds is 9. The van der Waals surface area contributed by atoms with Gasteiger partial charge in [-0.15, -0.1) is 6.58 Å². The number of allylic oxidation sites excluding steroid dienone is 1. The summed E-state index contributed by atoms with van der Waals surface area (Å²) in [5.74, 6) is -0.624. The summed E-state index contributed by atoms with van der Waals surface area (Å²) in [6.07, 6.45) is 3.60. The molecular formula is C33H28N2O6. The standard InChI is InChI=1S/C33H28N2O6/c1-3-8-23-17-21(18-28-31(37)34-33(39)35(32(28)38)25-13-15-26(36)16-14-25)19-29(40-4-2)30(23)41-20-24-11-7-10-22-9-5-6-12-27(22)24/h3,5-7,9-19,36H,1,4,8,20H2,2H3,(H,34,37,39)/b28-18+. The molecule has 0 atom stereocenters. The maximum Gasteiger partial charge on any atom is 0.335 e. The van der Waals surface area contributed by atoms with Crippen LogP contribution in [0.25, 0.3) is 16.8 Å². The van der Waals surface area contributed by atoms with E-state index >= 15 is 0 Å². The summed E-state index contributed by atoms with van der Waals surface area (Å²) >= 11 is 0. The van der Waals surface area contributed by atoms with Crippen molar-refractivity contribution < 1.29 is 29.0 Å². The first-order valence-corrected chi connectivity index (χ1v) is 13.1. The normalized spacial score (nSPS) is 14.3. The maximum absolute atomic E-state index is 13.3. The minimum atomic E-state index is -0.873. The monoisotopic (exact) mass is 548 g/mol. The van der Waals surface area contributed by atoms with Crippen LogP contribution in [0.15, 0.2) is 97.1 Å². The lowest BCUT2D eigenvalue weighted by atomic mass is 10.0. The summed E-state index contributed by atoms with van der Waals surface area (Å²) in [5.41, 5.74) is 2.27. The van der Waals surface area contributed by atoms with Gasteiger partial charge < -0.3 is 14.6 Å². The van der Waals surface area contributed by atoms with Gasteiger partial charge in [-0.3, -0.25) is 14.9 Å². The molecule has 8 nitrogen and oxygen atoms in total. The van der Waals surface area contributed by atoms with E-state index in [1.165, 1.54) is 30.3 Å². The van der Waals surface area contributed by atoms with E-state index in [4.69, 9.17) is 9.47 Å². The lowest BCUT2D eigenvalue weighted by molar-refractivity contribution is -0.122. The number of phenols is 1. The van der Waals surface area contributed by atoms with E-state index in [1.54, 1.807) is 18.2 Å². The molecule has 1 saturated heterocycles. The van der Waals surface area contributed by atoms with Crippen LogP contribution in [0.4, 0.5) is 10.5 Å². The van der Waals surface area contributed by atoms with Gasteiger partial charge in [-0.05, 0) is 77.7 Å². The van der Waals surface area contributed by atoms with Crippen molar-refractivity contribution in [3.8, 4) is 17.2 Å². The van der Waals surface area contributed by atoms with Crippen molar-refractivity contribution in [1.29, 1.82) is 0 Å². The van der Waals surface area contributed by atoms with Crippen LogP contribution in [0.5, 0.6) is 17.2 Å². The molecule has 0 spiro atoms. The number of nitrogens with one attached hydrogen (secondary N) is 1. The summed E-state index contributed by atoms with van der Waals surface area (Å²) in [7, 11) is 0. The number of anilines is 1. The highest BCUT2D eigenvalue weighted by atomic mass is 16.5. The summed E-state index contributed by atoms with van der Waals surface area (Å²) in [4.78, 5) is 39.5. The molecule has 4 aromatic rings. The Labute approximate surface area is 237 Å². The number of ether oxygens (including phenoxy) is 2. The van der Waals surface area contributed by atoms with Gasteiger partial charge in [-0.2, -0.15) is 0 Å². The number of imide groups is 2. The molecule has 0 aliphatic carbocycles. The van der Waals surface area contributed by atoms with E-state index in [0.29, 0.717) is 36.7 Å². The van der Waals surface area contributed by atoms with Crippen LogP contribution in [0.2, 0.25) is 0 Å². The third-order valence-electron chi connectivity index (χ3n) is 6.59. The van der Waals surface area contributed by atoms with E-state index in [2.05, 4.69) is 30.1 Å². The predicted octanol–water partition coefficient (Wildman–Crippen LogP) is 5.92. The number of carbonyl (C=O) groups is 3. The minimum Gasteiger partial charge on any atom is -0.508 e. The molecule has 1 fully saturated rings. The van der Waals surface area contributed by atoms with Gasteiger partial charge in [-0.25, -0.2) is 9.69 Å². The fourth-order valence-corrected chi connectivity index (χ4v) is 4.73. The SMILES string of the molecule is C=CCc1cc(/C=C2\C(=O)NC(=O)N(c3ccc(O)cc3)C2=O)cc(OCC)c1OCc1cccc2ccccc12. The Morgan fingerprint density at radius 2 is 1.68 bits per heavy atom. The van der Waals surface area contributed by atoms with Crippen LogP contribution >= 0.6 is 0 Å². The molecule has 1 heterocycles. The number of nitrogens with zero attached hydrogens (tertiary/aromatic N) is 1.